The molecule has 0 aliphatic carbocycles. The van der Waals surface area contributed by atoms with Gasteiger partial charge in [0.25, 0.3) is 0 Å². The van der Waals surface area contributed by atoms with Gasteiger partial charge in [0.15, 0.2) is 0 Å². The zero-order valence-electron chi connectivity index (χ0n) is 8.00. The highest BCUT2D eigenvalue weighted by Crippen LogP contribution is 2.20. The molecule has 0 saturated carbocycles. The third-order valence-corrected chi connectivity index (χ3v) is 2.71. The largest absolute Gasteiger partial charge is 0.312 e. The second kappa shape index (κ2) is 6.62. The van der Waals surface area contributed by atoms with Crippen LogP contribution in [0.15, 0.2) is 41.8 Å². The summed E-state index contributed by atoms with van der Waals surface area (Å²) in [6.07, 6.45) is 1.81. The third-order valence-electron chi connectivity index (χ3n) is 1.66. The molecular weight excluding hydrogens is 197 g/mol. The molecule has 1 nitrogen and oxygen atoms in total. The number of benzene rings is 1. The predicted octanol–water partition coefficient (Wildman–Crippen LogP) is 2.69. The van der Waals surface area contributed by atoms with Crippen LogP contribution >= 0.6 is 11.8 Å². The van der Waals surface area contributed by atoms with Crippen LogP contribution < -0.4 is 5.32 Å². The molecule has 1 N–H and O–H groups in total. The zero-order valence-corrected chi connectivity index (χ0v) is 8.82. The second-order valence-corrected chi connectivity index (χ2v) is 3.91. The SMILES string of the molecule is C=CCNCCSc1ccccc1F. The Morgan fingerprint density at radius 1 is 1.43 bits per heavy atom. The Kier molecular flexibility index (Phi) is 5.33. The first-order valence-electron chi connectivity index (χ1n) is 4.53. The molecule has 1 aromatic rings. The summed E-state index contributed by atoms with van der Waals surface area (Å²) < 4.78 is 13.1. The average molecular weight is 211 g/mol. The van der Waals surface area contributed by atoms with Crippen molar-refractivity contribution in [3.63, 3.8) is 0 Å². The molecule has 0 atom stereocenters. The van der Waals surface area contributed by atoms with E-state index in [0.29, 0.717) is 4.90 Å². The fraction of sp³-hybridized carbons (Fsp3) is 0.273. The number of halogens is 1. The number of rotatable bonds is 6. The van der Waals surface area contributed by atoms with Gasteiger partial charge in [0.1, 0.15) is 5.82 Å². The van der Waals surface area contributed by atoms with Crippen molar-refractivity contribution in [1.29, 1.82) is 0 Å². The van der Waals surface area contributed by atoms with Crippen molar-refractivity contribution in [2.75, 3.05) is 18.8 Å². The van der Waals surface area contributed by atoms with E-state index in [1.165, 1.54) is 17.8 Å². The van der Waals surface area contributed by atoms with Gasteiger partial charge in [-0.05, 0) is 12.1 Å². The minimum absolute atomic E-state index is 0.138. The summed E-state index contributed by atoms with van der Waals surface area (Å²) in [7, 11) is 0. The van der Waals surface area contributed by atoms with Crippen LogP contribution in [0.2, 0.25) is 0 Å². The molecule has 0 fully saturated rings. The highest BCUT2D eigenvalue weighted by atomic mass is 32.2. The Balaban J connectivity index is 2.24. The van der Waals surface area contributed by atoms with Gasteiger partial charge in [0, 0.05) is 23.7 Å². The highest BCUT2D eigenvalue weighted by molar-refractivity contribution is 7.99. The van der Waals surface area contributed by atoms with E-state index in [9.17, 15) is 4.39 Å². The number of thioether (sulfide) groups is 1. The first-order valence-corrected chi connectivity index (χ1v) is 5.52. The van der Waals surface area contributed by atoms with Crippen molar-refractivity contribution in [3.05, 3.63) is 42.7 Å². The lowest BCUT2D eigenvalue weighted by atomic mass is 10.3. The summed E-state index contributed by atoms with van der Waals surface area (Å²) in [5, 5.41) is 3.16. The van der Waals surface area contributed by atoms with Crippen LogP contribution in [0, 0.1) is 5.82 Å². The Hall–Kier alpha value is -0.800. The molecule has 1 aromatic carbocycles. The monoisotopic (exact) mass is 211 g/mol. The molecule has 0 amide bonds. The maximum absolute atomic E-state index is 13.1. The van der Waals surface area contributed by atoms with E-state index in [4.69, 9.17) is 0 Å². The van der Waals surface area contributed by atoms with Crippen molar-refractivity contribution in [3.8, 4) is 0 Å². The van der Waals surface area contributed by atoms with Gasteiger partial charge in [0.05, 0.1) is 0 Å². The summed E-state index contributed by atoms with van der Waals surface area (Å²) in [5.41, 5.74) is 0. The standard InChI is InChI=1S/C11H14FNS/c1-2-7-13-8-9-14-11-6-4-3-5-10(11)12/h2-6,13H,1,7-9H2. The Morgan fingerprint density at radius 3 is 2.93 bits per heavy atom. The third kappa shape index (κ3) is 3.94. The molecule has 76 valence electrons. The van der Waals surface area contributed by atoms with E-state index in [-0.39, 0.29) is 5.82 Å². The van der Waals surface area contributed by atoms with E-state index in [1.807, 2.05) is 12.1 Å². The molecule has 3 heteroatoms. The maximum Gasteiger partial charge on any atom is 0.136 e. The van der Waals surface area contributed by atoms with Crippen LogP contribution in [0.4, 0.5) is 4.39 Å². The minimum Gasteiger partial charge on any atom is -0.312 e. The maximum atomic E-state index is 13.1. The fourth-order valence-corrected chi connectivity index (χ4v) is 1.85. The van der Waals surface area contributed by atoms with Crippen LogP contribution in [-0.4, -0.2) is 18.8 Å². The van der Waals surface area contributed by atoms with Gasteiger partial charge in [-0.2, -0.15) is 0 Å². The first kappa shape index (κ1) is 11.3. The van der Waals surface area contributed by atoms with Crippen molar-refractivity contribution in [2.45, 2.75) is 4.90 Å². The van der Waals surface area contributed by atoms with E-state index >= 15 is 0 Å². The van der Waals surface area contributed by atoms with Gasteiger partial charge in [-0.1, -0.05) is 18.2 Å². The molecule has 0 aliphatic rings. The van der Waals surface area contributed by atoms with Gasteiger partial charge < -0.3 is 5.32 Å². The second-order valence-electron chi connectivity index (χ2n) is 2.77. The lowest BCUT2D eigenvalue weighted by Gasteiger charge is -2.03. The molecule has 0 unspecified atom stereocenters. The van der Waals surface area contributed by atoms with Gasteiger partial charge in [-0.25, -0.2) is 4.39 Å². The lowest BCUT2D eigenvalue weighted by molar-refractivity contribution is 0.602. The minimum atomic E-state index is -0.138. The van der Waals surface area contributed by atoms with Gasteiger partial charge in [0.2, 0.25) is 0 Å². The first-order chi connectivity index (χ1) is 6.84. The summed E-state index contributed by atoms with van der Waals surface area (Å²) >= 11 is 1.53. The van der Waals surface area contributed by atoms with Crippen LogP contribution in [0.3, 0.4) is 0 Å². The number of hydrogen-bond donors (Lipinski definition) is 1. The number of nitrogens with one attached hydrogen (secondary N) is 1. The molecule has 0 aliphatic heterocycles. The molecule has 0 bridgehead atoms. The molecular formula is C11H14FNS. The summed E-state index contributed by atoms with van der Waals surface area (Å²) in [5.74, 6) is 0.732. The van der Waals surface area contributed by atoms with Crippen molar-refractivity contribution >= 4 is 11.8 Å². The Bertz CT molecular complexity index is 288. The summed E-state index contributed by atoms with van der Waals surface area (Å²) in [6.45, 7) is 5.27. The smallest absolute Gasteiger partial charge is 0.136 e. The summed E-state index contributed by atoms with van der Waals surface area (Å²) in [4.78, 5) is 0.716. The van der Waals surface area contributed by atoms with Crippen LogP contribution in [0.1, 0.15) is 0 Å². The molecule has 1 rings (SSSR count). The lowest BCUT2D eigenvalue weighted by Crippen LogP contribution is -2.16. The topological polar surface area (TPSA) is 12.0 Å². The quantitative estimate of drug-likeness (QED) is 0.441. The van der Waals surface area contributed by atoms with Gasteiger partial charge >= 0.3 is 0 Å². The Labute approximate surface area is 88.4 Å². The molecule has 0 aromatic heterocycles. The van der Waals surface area contributed by atoms with E-state index in [1.54, 1.807) is 12.1 Å². The average Bonchev–Trinajstić information content (AvgIpc) is 2.20. The van der Waals surface area contributed by atoms with E-state index < -0.39 is 0 Å². The molecule has 0 radical (unpaired) electrons. The zero-order chi connectivity index (χ0) is 10.2. The Morgan fingerprint density at radius 2 is 2.21 bits per heavy atom. The van der Waals surface area contributed by atoms with Gasteiger partial charge in [-0.15, -0.1) is 18.3 Å². The van der Waals surface area contributed by atoms with E-state index in [2.05, 4.69) is 11.9 Å². The molecule has 14 heavy (non-hydrogen) atoms. The molecule has 0 saturated heterocycles. The van der Waals surface area contributed by atoms with Crippen LogP contribution in [-0.2, 0) is 0 Å². The number of hydrogen-bond acceptors (Lipinski definition) is 2. The van der Waals surface area contributed by atoms with Crippen LogP contribution in [0.25, 0.3) is 0 Å². The normalized spacial score (nSPS) is 10.1. The highest BCUT2D eigenvalue weighted by Gasteiger charge is 1.99. The summed E-state index contributed by atoms with van der Waals surface area (Å²) in [6, 6.07) is 6.84. The van der Waals surface area contributed by atoms with Crippen molar-refractivity contribution in [2.24, 2.45) is 0 Å². The van der Waals surface area contributed by atoms with Crippen molar-refractivity contribution < 1.29 is 4.39 Å². The van der Waals surface area contributed by atoms with E-state index in [0.717, 1.165) is 18.8 Å². The molecule has 0 heterocycles. The van der Waals surface area contributed by atoms with Crippen molar-refractivity contribution in [1.82, 2.24) is 5.32 Å². The fourth-order valence-electron chi connectivity index (χ4n) is 0.999. The predicted molar refractivity (Wildman–Crippen MR) is 60.2 cm³/mol. The van der Waals surface area contributed by atoms with Gasteiger partial charge in [-0.3, -0.25) is 0 Å². The van der Waals surface area contributed by atoms with Crippen LogP contribution in [0.5, 0.6) is 0 Å². The molecule has 0 spiro atoms.